The van der Waals surface area contributed by atoms with Crippen molar-refractivity contribution in [2.75, 3.05) is 11.4 Å². The smallest absolute Gasteiger partial charge is 0.227 e. The standard InChI is InChI=1S/C21H19FN4O2S/c1-13-18(29-21(25-13)14-4-3-7-23-10-14)11-24-20(28)15-8-19(27)26(12-15)17-6-2-5-16(22)9-17/h2-7,9-10,15H,8,11-12H2,1H3,(H,24,28). The lowest BCUT2D eigenvalue weighted by Crippen LogP contribution is -2.32. The van der Waals surface area contributed by atoms with E-state index in [-0.39, 0.29) is 24.8 Å². The molecular weight excluding hydrogens is 391 g/mol. The molecule has 0 saturated carbocycles. The van der Waals surface area contributed by atoms with Crippen molar-refractivity contribution in [1.29, 1.82) is 0 Å². The van der Waals surface area contributed by atoms with Gasteiger partial charge in [-0.05, 0) is 37.3 Å². The van der Waals surface area contributed by atoms with E-state index in [1.165, 1.54) is 28.4 Å². The summed E-state index contributed by atoms with van der Waals surface area (Å²) in [5.74, 6) is -1.23. The summed E-state index contributed by atoms with van der Waals surface area (Å²) < 4.78 is 13.4. The first-order chi connectivity index (χ1) is 14.0. The van der Waals surface area contributed by atoms with Crippen LogP contribution < -0.4 is 10.2 Å². The number of thiazole rings is 1. The molecular formula is C21H19FN4O2S. The van der Waals surface area contributed by atoms with E-state index in [1.54, 1.807) is 24.5 Å². The minimum Gasteiger partial charge on any atom is -0.351 e. The van der Waals surface area contributed by atoms with E-state index in [2.05, 4.69) is 15.3 Å². The molecule has 1 aliphatic rings. The van der Waals surface area contributed by atoms with Crippen LogP contribution in [0.4, 0.5) is 10.1 Å². The van der Waals surface area contributed by atoms with Crippen molar-refractivity contribution in [2.45, 2.75) is 19.9 Å². The van der Waals surface area contributed by atoms with Crippen LogP contribution in [-0.2, 0) is 16.1 Å². The minimum atomic E-state index is -0.461. The molecule has 29 heavy (non-hydrogen) atoms. The second-order valence-electron chi connectivity index (χ2n) is 6.87. The third kappa shape index (κ3) is 4.17. The van der Waals surface area contributed by atoms with Gasteiger partial charge < -0.3 is 10.2 Å². The first-order valence-corrected chi connectivity index (χ1v) is 10.0. The molecule has 2 aromatic heterocycles. The summed E-state index contributed by atoms with van der Waals surface area (Å²) in [5.41, 5.74) is 2.27. The molecule has 1 fully saturated rings. The molecule has 3 heterocycles. The van der Waals surface area contributed by atoms with E-state index in [0.29, 0.717) is 12.2 Å². The highest BCUT2D eigenvalue weighted by Gasteiger charge is 2.35. The highest BCUT2D eigenvalue weighted by Crippen LogP contribution is 2.28. The molecule has 1 N–H and O–H groups in total. The Balaban J connectivity index is 1.39. The monoisotopic (exact) mass is 410 g/mol. The molecule has 1 saturated heterocycles. The van der Waals surface area contributed by atoms with Crippen LogP contribution >= 0.6 is 11.3 Å². The molecule has 0 radical (unpaired) electrons. The number of amides is 2. The number of hydrogen-bond acceptors (Lipinski definition) is 5. The van der Waals surface area contributed by atoms with Gasteiger partial charge in [0.15, 0.2) is 0 Å². The van der Waals surface area contributed by atoms with E-state index >= 15 is 0 Å². The highest BCUT2D eigenvalue weighted by molar-refractivity contribution is 7.15. The Labute approximate surface area is 171 Å². The number of carbonyl (C=O) groups is 2. The topological polar surface area (TPSA) is 75.2 Å². The van der Waals surface area contributed by atoms with E-state index in [4.69, 9.17) is 0 Å². The van der Waals surface area contributed by atoms with Crippen molar-refractivity contribution < 1.29 is 14.0 Å². The summed E-state index contributed by atoms with van der Waals surface area (Å²) in [7, 11) is 0. The molecule has 1 atom stereocenters. The molecule has 1 unspecified atom stereocenters. The van der Waals surface area contributed by atoms with E-state index in [0.717, 1.165) is 21.1 Å². The molecule has 1 aromatic carbocycles. The van der Waals surface area contributed by atoms with Gasteiger partial charge in [-0.2, -0.15) is 0 Å². The Morgan fingerprint density at radius 3 is 2.97 bits per heavy atom. The van der Waals surface area contributed by atoms with Gasteiger partial charge in [-0.3, -0.25) is 14.6 Å². The maximum Gasteiger partial charge on any atom is 0.227 e. The lowest BCUT2D eigenvalue weighted by atomic mass is 10.1. The van der Waals surface area contributed by atoms with Crippen LogP contribution in [0.15, 0.2) is 48.8 Å². The zero-order chi connectivity index (χ0) is 20.4. The van der Waals surface area contributed by atoms with Gasteiger partial charge in [0.2, 0.25) is 11.8 Å². The van der Waals surface area contributed by atoms with Gasteiger partial charge in [0.1, 0.15) is 10.8 Å². The quantitative estimate of drug-likeness (QED) is 0.700. The Kier molecular flexibility index (Phi) is 5.35. The zero-order valence-corrected chi connectivity index (χ0v) is 16.6. The number of nitrogens with one attached hydrogen (secondary N) is 1. The number of hydrogen-bond donors (Lipinski definition) is 1. The Bertz CT molecular complexity index is 1050. The fraction of sp³-hybridized carbons (Fsp3) is 0.238. The summed E-state index contributed by atoms with van der Waals surface area (Å²) >= 11 is 1.51. The molecule has 1 aliphatic heterocycles. The molecule has 2 amide bonds. The van der Waals surface area contributed by atoms with Crippen molar-refractivity contribution in [1.82, 2.24) is 15.3 Å². The van der Waals surface area contributed by atoms with E-state index < -0.39 is 11.7 Å². The lowest BCUT2D eigenvalue weighted by Gasteiger charge is -2.16. The number of aryl methyl sites for hydroxylation is 1. The summed E-state index contributed by atoms with van der Waals surface area (Å²) in [5, 5.41) is 3.77. The number of benzene rings is 1. The van der Waals surface area contributed by atoms with Crippen LogP contribution in [0.25, 0.3) is 10.6 Å². The Hall–Kier alpha value is -3.13. The average Bonchev–Trinajstić information content (AvgIpc) is 3.29. The second kappa shape index (κ2) is 8.08. The van der Waals surface area contributed by atoms with Gasteiger partial charge in [-0.15, -0.1) is 11.3 Å². The SMILES string of the molecule is Cc1nc(-c2cccnc2)sc1CNC(=O)C1CC(=O)N(c2cccc(F)c2)C1. The highest BCUT2D eigenvalue weighted by atomic mass is 32.1. The fourth-order valence-corrected chi connectivity index (χ4v) is 4.29. The Morgan fingerprint density at radius 1 is 1.34 bits per heavy atom. The van der Waals surface area contributed by atoms with Gasteiger partial charge in [0, 0.05) is 41.5 Å². The van der Waals surface area contributed by atoms with Crippen molar-refractivity contribution in [3.63, 3.8) is 0 Å². The fourth-order valence-electron chi connectivity index (χ4n) is 3.29. The number of anilines is 1. The van der Waals surface area contributed by atoms with Crippen LogP contribution in [0.2, 0.25) is 0 Å². The molecule has 3 aromatic rings. The van der Waals surface area contributed by atoms with E-state index in [9.17, 15) is 14.0 Å². The van der Waals surface area contributed by atoms with Crippen molar-refractivity contribution in [3.05, 3.63) is 65.2 Å². The molecule has 0 aliphatic carbocycles. The van der Waals surface area contributed by atoms with Crippen LogP contribution in [0.5, 0.6) is 0 Å². The number of pyridine rings is 1. The first kappa shape index (κ1) is 19.2. The predicted octanol–water partition coefficient (Wildman–Crippen LogP) is 3.32. The van der Waals surface area contributed by atoms with Crippen molar-refractivity contribution in [2.24, 2.45) is 5.92 Å². The number of halogens is 1. The predicted molar refractivity (Wildman–Crippen MR) is 109 cm³/mol. The van der Waals surface area contributed by atoms with Gasteiger partial charge in [-0.25, -0.2) is 9.37 Å². The summed E-state index contributed by atoms with van der Waals surface area (Å²) in [4.78, 5) is 36.0. The first-order valence-electron chi connectivity index (χ1n) is 9.21. The zero-order valence-electron chi connectivity index (χ0n) is 15.8. The average molecular weight is 410 g/mol. The van der Waals surface area contributed by atoms with Crippen molar-refractivity contribution in [3.8, 4) is 10.6 Å². The van der Waals surface area contributed by atoms with Gasteiger partial charge in [0.05, 0.1) is 18.2 Å². The number of rotatable bonds is 5. The molecule has 0 spiro atoms. The van der Waals surface area contributed by atoms with Crippen LogP contribution in [0.1, 0.15) is 17.0 Å². The summed E-state index contributed by atoms with van der Waals surface area (Å²) in [6.07, 6.45) is 3.58. The summed E-state index contributed by atoms with van der Waals surface area (Å²) in [6, 6.07) is 9.65. The second-order valence-corrected chi connectivity index (χ2v) is 7.96. The number of aromatic nitrogens is 2. The Morgan fingerprint density at radius 2 is 2.21 bits per heavy atom. The normalized spacial score (nSPS) is 16.3. The molecule has 148 valence electrons. The molecule has 8 heteroatoms. The molecule has 6 nitrogen and oxygen atoms in total. The minimum absolute atomic E-state index is 0.116. The largest absolute Gasteiger partial charge is 0.351 e. The van der Waals surface area contributed by atoms with E-state index in [1.807, 2.05) is 19.1 Å². The number of nitrogens with zero attached hydrogens (tertiary/aromatic N) is 3. The van der Waals surface area contributed by atoms with Crippen LogP contribution in [0.3, 0.4) is 0 Å². The lowest BCUT2D eigenvalue weighted by molar-refractivity contribution is -0.126. The third-order valence-electron chi connectivity index (χ3n) is 4.84. The maximum atomic E-state index is 13.4. The van der Waals surface area contributed by atoms with Gasteiger partial charge in [-0.1, -0.05) is 6.07 Å². The van der Waals surface area contributed by atoms with Gasteiger partial charge in [0.25, 0.3) is 0 Å². The van der Waals surface area contributed by atoms with Crippen molar-refractivity contribution >= 4 is 28.8 Å². The van der Waals surface area contributed by atoms with Crippen LogP contribution in [-0.4, -0.2) is 28.3 Å². The number of carbonyl (C=O) groups excluding carboxylic acids is 2. The third-order valence-corrected chi connectivity index (χ3v) is 6.05. The maximum absolute atomic E-state index is 13.4. The molecule has 4 rings (SSSR count). The summed E-state index contributed by atoms with van der Waals surface area (Å²) in [6.45, 7) is 2.51. The van der Waals surface area contributed by atoms with Crippen LogP contribution in [0, 0.1) is 18.7 Å². The van der Waals surface area contributed by atoms with Gasteiger partial charge >= 0.3 is 0 Å². The molecule has 0 bridgehead atoms.